The second kappa shape index (κ2) is 6.02. The lowest BCUT2D eigenvalue weighted by atomic mass is 9.97. The molecule has 1 N–H and O–H groups in total. The van der Waals surface area contributed by atoms with E-state index in [9.17, 15) is 0 Å². The lowest BCUT2D eigenvalue weighted by Gasteiger charge is -2.25. The standard InChI is InChI=1S/C14H28N2/c1-3-14-7-9-16(10-8-15-14)11-13-6-4-5-12(13)2/h12-15H,3-11H2,1-2H3. The largest absolute Gasteiger partial charge is 0.313 e. The van der Waals surface area contributed by atoms with Crippen molar-refractivity contribution in [1.29, 1.82) is 0 Å². The van der Waals surface area contributed by atoms with Crippen LogP contribution in [0.25, 0.3) is 0 Å². The summed E-state index contributed by atoms with van der Waals surface area (Å²) in [4.78, 5) is 2.70. The van der Waals surface area contributed by atoms with Crippen molar-refractivity contribution in [3.05, 3.63) is 0 Å². The van der Waals surface area contributed by atoms with Crippen LogP contribution in [0.3, 0.4) is 0 Å². The molecule has 1 aliphatic carbocycles. The van der Waals surface area contributed by atoms with E-state index in [4.69, 9.17) is 0 Å². The Morgan fingerprint density at radius 2 is 2.06 bits per heavy atom. The summed E-state index contributed by atoms with van der Waals surface area (Å²) in [6.07, 6.45) is 7.04. The van der Waals surface area contributed by atoms with Gasteiger partial charge in [-0.25, -0.2) is 0 Å². The van der Waals surface area contributed by atoms with Gasteiger partial charge in [0.15, 0.2) is 0 Å². The Labute approximate surface area is 101 Å². The molecule has 1 aliphatic heterocycles. The van der Waals surface area contributed by atoms with Crippen LogP contribution in [-0.2, 0) is 0 Å². The smallest absolute Gasteiger partial charge is 0.0107 e. The predicted octanol–water partition coefficient (Wildman–Crippen LogP) is 2.50. The van der Waals surface area contributed by atoms with E-state index < -0.39 is 0 Å². The molecule has 2 nitrogen and oxygen atoms in total. The minimum Gasteiger partial charge on any atom is -0.313 e. The molecule has 1 saturated carbocycles. The van der Waals surface area contributed by atoms with Crippen LogP contribution in [-0.4, -0.2) is 37.1 Å². The summed E-state index contributed by atoms with van der Waals surface area (Å²) < 4.78 is 0. The molecule has 2 rings (SSSR count). The monoisotopic (exact) mass is 224 g/mol. The van der Waals surface area contributed by atoms with E-state index in [0.29, 0.717) is 0 Å². The SMILES string of the molecule is CCC1CCN(CC2CCCC2C)CCN1. The van der Waals surface area contributed by atoms with Crippen LogP contribution in [0, 0.1) is 11.8 Å². The third-order valence-electron chi connectivity index (χ3n) is 4.68. The maximum Gasteiger partial charge on any atom is 0.0107 e. The molecule has 2 aliphatic rings. The fourth-order valence-corrected chi connectivity index (χ4v) is 3.34. The molecule has 0 spiro atoms. The first kappa shape index (κ1) is 12.4. The van der Waals surface area contributed by atoms with Crippen molar-refractivity contribution in [2.45, 2.75) is 52.0 Å². The van der Waals surface area contributed by atoms with E-state index in [1.165, 1.54) is 58.3 Å². The Bertz CT molecular complexity index is 205. The first-order valence-electron chi connectivity index (χ1n) is 7.25. The summed E-state index contributed by atoms with van der Waals surface area (Å²) in [6.45, 7) is 9.88. The zero-order valence-electron chi connectivity index (χ0n) is 11.0. The van der Waals surface area contributed by atoms with Gasteiger partial charge in [0.05, 0.1) is 0 Å². The number of rotatable bonds is 3. The van der Waals surface area contributed by atoms with E-state index in [2.05, 4.69) is 24.1 Å². The van der Waals surface area contributed by atoms with Crippen LogP contribution in [0.15, 0.2) is 0 Å². The lowest BCUT2D eigenvalue weighted by molar-refractivity contribution is 0.220. The zero-order chi connectivity index (χ0) is 11.4. The summed E-state index contributed by atoms with van der Waals surface area (Å²) >= 11 is 0. The number of nitrogens with one attached hydrogen (secondary N) is 1. The van der Waals surface area contributed by atoms with Crippen molar-refractivity contribution in [3.8, 4) is 0 Å². The predicted molar refractivity (Wildman–Crippen MR) is 69.6 cm³/mol. The third-order valence-corrected chi connectivity index (χ3v) is 4.68. The minimum absolute atomic E-state index is 0.769. The molecule has 0 radical (unpaired) electrons. The van der Waals surface area contributed by atoms with Crippen molar-refractivity contribution in [2.24, 2.45) is 11.8 Å². The van der Waals surface area contributed by atoms with E-state index in [1.54, 1.807) is 0 Å². The van der Waals surface area contributed by atoms with E-state index >= 15 is 0 Å². The van der Waals surface area contributed by atoms with E-state index in [-0.39, 0.29) is 0 Å². The van der Waals surface area contributed by atoms with Gasteiger partial charge < -0.3 is 10.2 Å². The van der Waals surface area contributed by atoms with Crippen LogP contribution in [0.2, 0.25) is 0 Å². The van der Waals surface area contributed by atoms with Crippen LogP contribution in [0.4, 0.5) is 0 Å². The third kappa shape index (κ3) is 3.21. The van der Waals surface area contributed by atoms with Crippen molar-refractivity contribution < 1.29 is 0 Å². The van der Waals surface area contributed by atoms with Crippen LogP contribution >= 0.6 is 0 Å². The molecular weight excluding hydrogens is 196 g/mol. The molecule has 0 aromatic heterocycles. The van der Waals surface area contributed by atoms with Gasteiger partial charge in [-0.2, -0.15) is 0 Å². The lowest BCUT2D eigenvalue weighted by Crippen LogP contribution is -2.33. The summed E-state index contributed by atoms with van der Waals surface area (Å²) in [6, 6.07) is 0.769. The second-order valence-electron chi connectivity index (χ2n) is 5.82. The van der Waals surface area contributed by atoms with Gasteiger partial charge in [-0.15, -0.1) is 0 Å². The zero-order valence-corrected chi connectivity index (χ0v) is 11.0. The second-order valence-corrected chi connectivity index (χ2v) is 5.82. The van der Waals surface area contributed by atoms with Crippen LogP contribution in [0.5, 0.6) is 0 Å². The van der Waals surface area contributed by atoms with Crippen molar-refractivity contribution >= 4 is 0 Å². The minimum atomic E-state index is 0.769. The average molecular weight is 224 g/mol. The Balaban J connectivity index is 1.77. The van der Waals surface area contributed by atoms with Gasteiger partial charge in [-0.05, 0) is 37.6 Å². The van der Waals surface area contributed by atoms with Crippen molar-refractivity contribution in [1.82, 2.24) is 10.2 Å². The Kier molecular flexibility index (Phi) is 4.66. The van der Waals surface area contributed by atoms with Gasteiger partial charge in [-0.3, -0.25) is 0 Å². The quantitative estimate of drug-likeness (QED) is 0.792. The Morgan fingerprint density at radius 1 is 1.19 bits per heavy atom. The number of hydrogen-bond acceptors (Lipinski definition) is 2. The molecule has 94 valence electrons. The number of nitrogens with zero attached hydrogens (tertiary/aromatic N) is 1. The normalized spacial score (nSPS) is 37.5. The molecular formula is C14H28N2. The first-order valence-corrected chi connectivity index (χ1v) is 7.25. The maximum absolute atomic E-state index is 3.66. The Hall–Kier alpha value is -0.0800. The highest BCUT2D eigenvalue weighted by Crippen LogP contribution is 2.31. The molecule has 0 amide bonds. The fraction of sp³-hybridized carbons (Fsp3) is 1.00. The van der Waals surface area contributed by atoms with Gasteiger partial charge in [0.1, 0.15) is 0 Å². The molecule has 16 heavy (non-hydrogen) atoms. The highest BCUT2D eigenvalue weighted by atomic mass is 15.2. The van der Waals surface area contributed by atoms with Gasteiger partial charge in [0.25, 0.3) is 0 Å². The molecule has 2 fully saturated rings. The maximum atomic E-state index is 3.66. The summed E-state index contributed by atoms with van der Waals surface area (Å²) in [5, 5.41) is 3.66. The first-order chi connectivity index (χ1) is 7.79. The summed E-state index contributed by atoms with van der Waals surface area (Å²) in [7, 11) is 0. The molecule has 1 heterocycles. The summed E-state index contributed by atoms with van der Waals surface area (Å²) in [5.41, 5.74) is 0. The Morgan fingerprint density at radius 3 is 2.75 bits per heavy atom. The molecule has 3 atom stereocenters. The van der Waals surface area contributed by atoms with Gasteiger partial charge >= 0.3 is 0 Å². The van der Waals surface area contributed by atoms with Crippen LogP contribution in [0.1, 0.15) is 46.0 Å². The topological polar surface area (TPSA) is 15.3 Å². The van der Waals surface area contributed by atoms with Gasteiger partial charge in [0.2, 0.25) is 0 Å². The molecule has 3 unspecified atom stereocenters. The van der Waals surface area contributed by atoms with E-state index in [0.717, 1.165) is 17.9 Å². The van der Waals surface area contributed by atoms with Gasteiger partial charge in [0, 0.05) is 25.7 Å². The molecule has 1 saturated heterocycles. The van der Waals surface area contributed by atoms with Crippen molar-refractivity contribution in [3.63, 3.8) is 0 Å². The van der Waals surface area contributed by atoms with Crippen molar-refractivity contribution in [2.75, 3.05) is 26.2 Å². The number of hydrogen-bond donors (Lipinski definition) is 1. The molecule has 2 heteroatoms. The van der Waals surface area contributed by atoms with E-state index in [1.807, 2.05) is 0 Å². The van der Waals surface area contributed by atoms with Crippen LogP contribution < -0.4 is 5.32 Å². The highest BCUT2D eigenvalue weighted by molar-refractivity contribution is 4.80. The average Bonchev–Trinajstić information content (AvgIpc) is 2.56. The molecule has 0 bridgehead atoms. The summed E-state index contributed by atoms with van der Waals surface area (Å²) in [5.74, 6) is 1.95. The highest BCUT2D eigenvalue weighted by Gasteiger charge is 2.26. The fourth-order valence-electron chi connectivity index (χ4n) is 3.34. The van der Waals surface area contributed by atoms with Gasteiger partial charge in [-0.1, -0.05) is 26.7 Å². The molecule has 0 aromatic carbocycles. The molecule has 0 aromatic rings.